The molecule has 0 unspecified atom stereocenters. The van der Waals surface area contributed by atoms with Gasteiger partial charge in [-0.2, -0.15) is 0 Å². The number of benzene rings is 2. The van der Waals surface area contributed by atoms with Gasteiger partial charge in [0.2, 0.25) is 0 Å². The maximum Gasteiger partial charge on any atom is 0.341 e. The molecule has 200 valence electrons. The number of sulfone groups is 1. The molecule has 38 heavy (non-hydrogen) atoms. The molecule has 0 spiro atoms. The van der Waals surface area contributed by atoms with Gasteiger partial charge in [-0.1, -0.05) is 19.6 Å². The van der Waals surface area contributed by atoms with Gasteiger partial charge < -0.3 is 14.2 Å². The Kier molecular flexibility index (Phi) is 7.95. The van der Waals surface area contributed by atoms with Crippen LogP contribution in [0.1, 0.15) is 10.4 Å². The number of rotatable bonds is 10. The van der Waals surface area contributed by atoms with E-state index in [-0.39, 0.29) is 22.9 Å². The van der Waals surface area contributed by atoms with E-state index in [0.29, 0.717) is 34.9 Å². The molecule has 0 saturated carbocycles. The molecule has 0 aliphatic heterocycles. The first-order valence-corrected chi connectivity index (χ1v) is 17.5. The SMILES string of the molecule is COC(=O)c1cc2c(cc1Oc1ccc(S(C)(=O)=O)cc1)nc(-c1cnccn1)n2COCC[Si](C)(C)C. The van der Waals surface area contributed by atoms with Gasteiger partial charge in [-0.3, -0.25) is 9.55 Å². The quantitative estimate of drug-likeness (QED) is 0.155. The third kappa shape index (κ3) is 6.44. The summed E-state index contributed by atoms with van der Waals surface area (Å²) in [5, 5.41) is 0. The molecular weight excluding hydrogens is 524 g/mol. The van der Waals surface area contributed by atoms with Crippen LogP contribution in [0.3, 0.4) is 0 Å². The molecule has 0 amide bonds. The summed E-state index contributed by atoms with van der Waals surface area (Å²) in [5.74, 6) is 0.506. The summed E-state index contributed by atoms with van der Waals surface area (Å²) in [4.78, 5) is 26.2. The Bertz CT molecular complexity index is 1550. The Morgan fingerprint density at radius 1 is 1.08 bits per heavy atom. The van der Waals surface area contributed by atoms with E-state index >= 15 is 0 Å². The molecule has 0 bridgehead atoms. The molecule has 0 radical (unpaired) electrons. The number of fused-ring (bicyclic) bond motifs is 1. The Balaban J connectivity index is 1.77. The van der Waals surface area contributed by atoms with Crippen molar-refractivity contribution in [3.8, 4) is 23.0 Å². The Morgan fingerprint density at radius 3 is 2.42 bits per heavy atom. The van der Waals surface area contributed by atoms with Crippen LogP contribution in [-0.4, -0.2) is 62.0 Å². The van der Waals surface area contributed by atoms with Crippen LogP contribution < -0.4 is 4.74 Å². The highest BCUT2D eigenvalue weighted by Gasteiger charge is 2.22. The third-order valence-electron chi connectivity index (χ3n) is 5.74. The van der Waals surface area contributed by atoms with E-state index < -0.39 is 23.9 Å². The zero-order valence-corrected chi connectivity index (χ0v) is 23.8. The first-order valence-electron chi connectivity index (χ1n) is 11.9. The van der Waals surface area contributed by atoms with Crippen LogP contribution in [0.15, 0.2) is 59.9 Å². The minimum Gasteiger partial charge on any atom is -0.465 e. The molecule has 2 aromatic carbocycles. The number of carbonyl (C=O) groups excluding carboxylic acids is 1. The summed E-state index contributed by atoms with van der Waals surface area (Å²) in [7, 11) is -3.35. The van der Waals surface area contributed by atoms with Crippen molar-refractivity contribution in [3.05, 3.63) is 60.6 Å². The van der Waals surface area contributed by atoms with Crippen molar-refractivity contribution in [2.75, 3.05) is 20.0 Å². The fraction of sp³-hybridized carbons (Fsp3) is 0.308. The van der Waals surface area contributed by atoms with Gasteiger partial charge in [-0.05, 0) is 36.4 Å². The molecule has 12 heteroatoms. The topological polar surface area (TPSA) is 123 Å². The molecule has 0 aliphatic carbocycles. The second-order valence-corrected chi connectivity index (χ2v) is 17.6. The maximum absolute atomic E-state index is 12.8. The van der Waals surface area contributed by atoms with Crippen molar-refractivity contribution in [1.82, 2.24) is 19.5 Å². The fourth-order valence-electron chi connectivity index (χ4n) is 3.66. The number of imidazole rings is 1. The lowest BCUT2D eigenvalue weighted by Crippen LogP contribution is -2.22. The second-order valence-electron chi connectivity index (χ2n) is 9.98. The number of hydrogen-bond acceptors (Lipinski definition) is 9. The summed E-state index contributed by atoms with van der Waals surface area (Å²) >= 11 is 0. The minimum absolute atomic E-state index is 0.162. The molecule has 4 aromatic rings. The molecule has 0 aliphatic rings. The number of esters is 1. The van der Waals surface area contributed by atoms with Gasteiger partial charge in [0.05, 0.1) is 29.2 Å². The van der Waals surface area contributed by atoms with Crippen LogP contribution in [0, 0.1) is 0 Å². The van der Waals surface area contributed by atoms with E-state index in [1.807, 2.05) is 4.57 Å². The summed E-state index contributed by atoms with van der Waals surface area (Å²) in [5.41, 5.74) is 1.92. The summed E-state index contributed by atoms with van der Waals surface area (Å²) < 4.78 is 42.5. The average Bonchev–Trinajstić information content (AvgIpc) is 3.22. The van der Waals surface area contributed by atoms with Crippen molar-refractivity contribution >= 4 is 34.9 Å². The molecule has 4 rings (SSSR count). The largest absolute Gasteiger partial charge is 0.465 e. The smallest absolute Gasteiger partial charge is 0.341 e. The lowest BCUT2D eigenvalue weighted by atomic mass is 10.1. The van der Waals surface area contributed by atoms with E-state index in [9.17, 15) is 13.2 Å². The minimum atomic E-state index is -3.36. The van der Waals surface area contributed by atoms with Crippen LogP contribution in [0.25, 0.3) is 22.6 Å². The normalized spacial score (nSPS) is 12.0. The van der Waals surface area contributed by atoms with Crippen molar-refractivity contribution in [2.45, 2.75) is 37.3 Å². The highest BCUT2D eigenvalue weighted by atomic mass is 32.2. The van der Waals surface area contributed by atoms with E-state index in [2.05, 4.69) is 29.6 Å². The monoisotopic (exact) mass is 554 g/mol. The number of carbonyl (C=O) groups is 1. The van der Waals surface area contributed by atoms with Crippen LogP contribution in [-0.2, 0) is 26.0 Å². The molecule has 0 fully saturated rings. The van der Waals surface area contributed by atoms with Gasteiger partial charge in [-0.25, -0.2) is 23.2 Å². The van der Waals surface area contributed by atoms with E-state index in [4.69, 9.17) is 19.2 Å². The lowest BCUT2D eigenvalue weighted by Gasteiger charge is -2.16. The van der Waals surface area contributed by atoms with Crippen molar-refractivity contribution in [2.24, 2.45) is 0 Å². The number of hydrogen-bond donors (Lipinski definition) is 0. The van der Waals surface area contributed by atoms with Crippen LogP contribution in [0.2, 0.25) is 25.7 Å². The first kappa shape index (κ1) is 27.4. The summed E-state index contributed by atoms with van der Waals surface area (Å²) in [6.45, 7) is 7.66. The van der Waals surface area contributed by atoms with Crippen LogP contribution in [0.4, 0.5) is 0 Å². The number of nitrogens with zero attached hydrogens (tertiary/aromatic N) is 4. The van der Waals surface area contributed by atoms with Gasteiger partial charge in [-0.15, -0.1) is 0 Å². The molecule has 2 aromatic heterocycles. The number of methoxy groups -OCH3 is 1. The van der Waals surface area contributed by atoms with E-state index in [0.717, 1.165) is 12.3 Å². The van der Waals surface area contributed by atoms with Gasteiger partial charge in [0.15, 0.2) is 15.7 Å². The molecule has 10 nitrogen and oxygen atoms in total. The molecule has 2 heterocycles. The maximum atomic E-state index is 12.8. The van der Waals surface area contributed by atoms with Crippen molar-refractivity contribution < 1.29 is 27.4 Å². The zero-order valence-electron chi connectivity index (χ0n) is 22.0. The summed E-state index contributed by atoms with van der Waals surface area (Å²) in [6.07, 6.45) is 5.91. The number of ether oxygens (including phenoxy) is 3. The standard InChI is InChI=1S/C26H30N4O6SSi/c1-34-26(31)20-14-23-21(15-24(20)36-18-6-8-19(9-7-18)37(2,32)33)29-25(22-16-27-10-11-28-22)30(23)17-35-12-13-38(3,4)5/h6-11,14-16H,12-13,17H2,1-5H3. The third-order valence-corrected chi connectivity index (χ3v) is 8.58. The fourth-order valence-corrected chi connectivity index (χ4v) is 5.05. The Labute approximate surface area is 222 Å². The van der Waals surface area contributed by atoms with Crippen molar-refractivity contribution in [3.63, 3.8) is 0 Å². The molecule has 0 atom stereocenters. The van der Waals surface area contributed by atoms with Crippen LogP contribution >= 0.6 is 0 Å². The van der Waals surface area contributed by atoms with E-state index in [1.54, 1.807) is 30.7 Å². The molecule has 0 saturated heterocycles. The molecule has 0 N–H and O–H groups in total. The second kappa shape index (κ2) is 11.0. The lowest BCUT2D eigenvalue weighted by molar-refractivity contribution is 0.0597. The van der Waals surface area contributed by atoms with Gasteiger partial charge >= 0.3 is 5.97 Å². The van der Waals surface area contributed by atoms with Gasteiger partial charge in [0.1, 0.15) is 29.5 Å². The van der Waals surface area contributed by atoms with Gasteiger partial charge in [0, 0.05) is 39.4 Å². The Hall–Kier alpha value is -3.61. The highest BCUT2D eigenvalue weighted by molar-refractivity contribution is 7.90. The highest BCUT2D eigenvalue weighted by Crippen LogP contribution is 2.33. The van der Waals surface area contributed by atoms with E-state index in [1.165, 1.54) is 31.4 Å². The van der Waals surface area contributed by atoms with Crippen LogP contribution in [0.5, 0.6) is 11.5 Å². The molecular formula is C26H30N4O6SSi. The average molecular weight is 555 g/mol. The van der Waals surface area contributed by atoms with Gasteiger partial charge in [0.25, 0.3) is 0 Å². The van der Waals surface area contributed by atoms with Crippen molar-refractivity contribution in [1.29, 1.82) is 0 Å². The Morgan fingerprint density at radius 2 is 1.82 bits per heavy atom. The predicted octanol–water partition coefficient (Wildman–Crippen LogP) is 4.79. The first-order chi connectivity index (χ1) is 18.0. The zero-order chi connectivity index (χ0) is 27.5. The predicted molar refractivity (Wildman–Crippen MR) is 146 cm³/mol. The number of aromatic nitrogens is 4. The summed E-state index contributed by atoms with van der Waals surface area (Å²) in [6, 6.07) is 10.2.